The van der Waals surface area contributed by atoms with E-state index in [-0.39, 0.29) is 5.56 Å². The topological polar surface area (TPSA) is 35.8 Å². The van der Waals surface area contributed by atoms with E-state index in [1.165, 1.54) is 0 Å². The van der Waals surface area contributed by atoms with Crippen molar-refractivity contribution in [2.24, 2.45) is 0 Å². The summed E-state index contributed by atoms with van der Waals surface area (Å²) in [6, 6.07) is 3.77. The Hall–Kier alpha value is -1.73. The molecule has 0 fully saturated rings. The van der Waals surface area contributed by atoms with E-state index in [1.807, 2.05) is 19.2 Å². The van der Waals surface area contributed by atoms with E-state index in [9.17, 15) is 8.78 Å². The lowest BCUT2D eigenvalue weighted by Gasteiger charge is -1.99. The lowest BCUT2D eigenvalue weighted by atomic mass is 10.1. The molecular formula is C12H12F2N2. The maximum absolute atomic E-state index is 12.9. The second-order valence-electron chi connectivity index (χ2n) is 3.26. The fraction of sp³-hybridized carbons (Fsp3) is 0.250. The third-order valence-corrected chi connectivity index (χ3v) is 2.07. The largest absolute Gasteiger partial charge is 0.319 e. The lowest BCUT2D eigenvalue weighted by molar-refractivity contribution is 0.508. The summed E-state index contributed by atoms with van der Waals surface area (Å²) in [5.41, 5.74) is 0.539. The van der Waals surface area contributed by atoms with Gasteiger partial charge in [-0.25, -0.2) is 8.78 Å². The van der Waals surface area contributed by atoms with Crippen molar-refractivity contribution in [3.8, 4) is 6.07 Å². The summed E-state index contributed by atoms with van der Waals surface area (Å²) in [5.74, 6) is -1.93. The molecule has 0 atom stereocenters. The minimum Gasteiger partial charge on any atom is -0.319 e. The van der Waals surface area contributed by atoms with Gasteiger partial charge in [-0.1, -0.05) is 12.2 Å². The highest BCUT2D eigenvalue weighted by Gasteiger charge is 2.06. The maximum atomic E-state index is 12.9. The number of benzene rings is 1. The Kier molecular flexibility index (Phi) is 4.62. The first-order chi connectivity index (χ1) is 7.69. The van der Waals surface area contributed by atoms with E-state index in [1.54, 1.807) is 6.08 Å². The third-order valence-electron chi connectivity index (χ3n) is 2.07. The van der Waals surface area contributed by atoms with Gasteiger partial charge in [0.05, 0.1) is 11.6 Å². The van der Waals surface area contributed by atoms with E-state index in [4.69, 9.17) is 5.26 Å². The van der Waals surface area contributed by atoms with Crippen LogP contribution in [-0.2, 0) is 0 Å². The highest BCUT2D eigenvalue weighted by atomic mass is 19.2. The number of nitrogens with one attached hydrogen (secondary N) is 1. The van der Waals surface area contributed by atoms with Crippen molar-refractivity contribution in [2.75, 3.05) is 13.6 Å². The van der Waals surface area contributed by atoms with Crippen molar-refractivity contribution < 1.29 is 8.78 Å². The average molecular weight is 222 g/mol. The molecule has 0 aliphatic rings. The van der Waals surface area contributed by atoms with Crippen molar-refractivity contribution >= 4 is 6.08 Å². The fourth-order valence-corrected chi connectivity index (χ4v) is 1.23. The van der Waals surface area contributed by atoms with Crippen molar-refractivity contribution in [3.63, 3.8) is 0 Å². The molecule has 0 amide bonds. The van der Waals surface area contributed by atoms with Crippen LogP contribution >= 0.6 is 0 Å². The van der Waals surface area contributed by atoms with Gasteiger partial charge in [0.25, 0.3) is 0 Å². The first kappa shape index (κ1) is 12.3. The molecule has 0 spiro atoms. The zero-order chi connectivity index (χ0) is 12.0. The van der Waals surface area contributed by atoms with Crippen LogP contribution in [0.4, 0.5) is 8.78 Å². The normalized spacial score (nSPS) is 10.6. The molecule has 16 heavy (non-hydrogen) atoms. The summed E-state index contributed by atoms with van der Waals surface area (Å²) < 4.78 is 25.8. The molecule has 0 unspecified atom stereocenters. The van der Waals surface area contributed by atoms with Gasteiger partial charge in [0.1, 0.15) is 0 Å². The molecular weight excluding hydrogens is 210 g/mol. The Morgan fingerprint density at radius 1 is 1.38 bits per heavy atom. The summed E-state index contributed by atoms with van der Waals surface area (Å²) in [6.45, 7) is 0.794. The summed E-state index contributed by atoms with van der Waals surface area (Å²) in [7, 11) is 1.83. The molecule has 2 nitrogen and oxygen atoms in total. The average Bonchev–Trinajstić information content (AvgIpc) is 2.28. The van der Waals surface area contributed by atoms with Gasteiger partial charge >= 0.3 is 0 Å². The van der Waals surface area contributed by atoms with Crippen LogP contribution in [-0.4, -0.2) is 13.6 Å². The standard InChI is InChI=1S/C12H12F2N2/c1-16-5-3-2-4-9-6-11(13)12(14)7-10(9)8-15/h2,4,6-7,16H,3,5H2,1H3. The van der Waals surface area contributed by atoms with Crippen LogP contribution in [0.3, 0.4) is 0 Å². The number of hydrogen-bond acceptors (Lipinski definition) is 2. The molecule has 0 aliphatic heterocycles. The van der Waals surface area contributed by atoms with Gasteiger partial charge < -0.3 is 5.32 Å². The number of hydrogen-bond donors (Lipinski definition) is 1. The Bertz CT molecular complexity index is 433. The summed E-state index contributed by atoms with van der Waals surface area (Å²) in [6.07, 6.45) is 4.20. The van der Waals surface area contributed by atoms with Crippen LogP contribution in [0.15, 0.2) is 18.2 Å². The smallest absolute Gasteiger partial charge is 0.160 e. The van der Waals surface area contributed by atoms with Crippen molar-refractivity contribution in [1.29, 1.82) is 5.26 Å². The predicted molar refractivity (Wildman–Crippen MR) is 58.7 cm³/mol. The van der Waals surface area contributed by atoms with Gasteiger partial charge in [0, 0.05) is 0 Å². The lowest BCUT2D eigenvalue weighted by Crippen LogP contribution is -2.05. The second-order valence-corrected chi connectivity index (χ2v) is 3.26. The van der Waals surface area contributed by atoms with Crippen LogP contribution in [0.5, 0.6) is 0 Å². The Morgan fingerprint density at radius 2 is 2.06 bits per heavy atom. The van der Waals surface area contributed by atoms with Gasteiger partial charge in [-0.3, -0.25) is 0 Å². The quantitative estimate of drug-likeness (QED) is 0.794. The third kappa shape index (κ3) is 3.14. The number of nitriles is 1. The second kappa shape index (κ2) is 5.99. The molecule has 0 saturated carbocycles. The number of nitrogens with zero attached hydrogens (tertiary/aromatic N) is 1. The van der Waals surface area contributed by atoms with Crippen molar-refractivity contribution in [3.05, 3.63) is 41.0 Å². The highest BCUT2D eigenvalue weighted by molar-refractivity contribution is 5.58. The van der Waals surface area contributed by atoms with E-state index < -0.39 is 11.6 Å². The molecule has 1 rings (SSSR count). The summed E-state index contributed by atoms with van der Waals surface area (Å²) in [5, 5.41) is 11.7. The first-order valence-corrected chi connectivity index (χ1v) is 4.89. The van der Waals surface area contributed by atoms with Crippen molar-refractivity contribution in [2.45, 2.75) is 6.42 Å². The Morgan fingerprint density at radius 3 is 2.69 bits per heavy atom. The molecule has 0 radical (unpaired) electrons. The van der Waals surface area contributed by atoms with Crippen molar-refractivity contribution in [1.82, 2.24) is 5.32 Å². The molecule has 1 aromatic carbocycles. The molecule has 1 N–H and O–H groups in total. The van der Waals surface area contributed by atoms with Crippen LogP contribution < -0.4 is 5.32 Å². The first-order valence-electron chi connectivity index (χ1n) is 4.89. The van der Waals surface area contributed by atoms with E-state index in [0.29, 0.717) is 5.56 Å². The Labute approximate surface area is 93.2 Å². The molecule has 0 aliphatic carbocycles. The summed E-state index contributed by atoms with van der Waals surface area (Å²) in [4.78, 5) is 0. The minimum absolute atomic E-state index is 0.139. The molecule has 4 heteroatoms. The van der Waals surface area contributed by atoms with Crippen LogP contribution in [0, 0.1) is 23.0 Å². The predicted octanol–water partition coefficient (Wildman–Crippen LogP) is 2.46. The van der Waals surface area contributed by atoms with E-state index in [0.717, 1.165) is 25.1 Å². The van der Waals surface area contributed by atoms with E-state index in [2.05, 4.69) is 5.32 Å². The Balaban J connectivity index is 2.91. The minimum atomic E-state index is -0.996. The molecule has 84 valence electrons. The van der Waals surface area contributed by atoms with Crippen LogP contribution in [0.25, 0.3) is 6.08 Å². The van der Waals surface area contributed by atoms with Gasteiger partial charge in [-0.05, 0) is 37.7 Å². The SMILES string of the molecule is CNCCC=Cc1cc(F)c(F)cc1C#N. The van der Waals surface area contributed by atoms with E-state index >= 15 is 0 Å². The van der Waals surface area contributed by atoms with Gasteiger partial charge in [-0.2, -0.15) is 5.26 Å². The van der Waals surface area contributed by atoms with Crippen LogP contribution in [0.1, 0.15) is 17.5 Å². The highest BCUT2D eigenvalue weighted by Crippen LogP contribution is 2.15. The molecule has 0 bridgehead atoms. The zero-order valence-electron chi connectivity index (χ0n) is 8.93. The zero-order valence-corrected chi connectivity index (χ0v) is 8.93. The molecule has 0 aromatic heterocycles. The fourth-order valence-electron chi connectivity index (χ4n) is 1.23. The molecule has 0 heterocycles. The molecule has 1 aromatic rings. The molecule has 0 saturated heterocycles. The summed E-state index contributed by atoms with van der Waals surface area (Å²) >= 11 is 0. The van der Waals surface area contributed by atoms with Crippen LogP contribution in [0.2, 0.25) is 0 Å². The van der Waals surface area contributed by atoms with Gasteiger partial charge in [0.15, 0.2) is 11.6 Å². The number of halogens is 2. The van der Waals surface area contributed by atoms with Gasteiger partial charge in [-0.15, -0.1) is 0 Å². The monoisotopic (exact) mass is 222 g/mol. The maximum Gasteiger partial charge on any atom is 0.160 e. The van der Waals surface area contributed by atoms with Gasteiger partial charge in [0.2, 0.25) is 0 Å². The number of rotatable bonds is 4.